The highest BCUT2D eigenvalue weighted by molar-refractivity contribution is 6.17. The molecule has 4 saturated carbocycles. The van der Waals surface area contributed by atoms with E-state index >= 15 is 4.39 Å². The Morgan fingerprint density at radius 3 is 2.34 bits per heavy atom. The Balaban J connectivity index is 1.59. The first-order chi connectivity index (χ1) is 17.5. The lowest BCUT2D eigenvalue weighted by Gasteiger charge is -2.62. The first kappa shape index (κ1) is 27.8. The van der Waals surface area contributed by atoms with Gasteiger partial charge in [0.1, 0.15) is 0 Å². The van der Waals surface area contributed by atoms with Crippen LogP contribution in [0.2, 0.25) is 0 Å². The number of ketones is 1. The van der Waals surface area contributed by atoms with Crippen LogP contribution in [0.3, 0.4) is 0 Å². The van der Waals surface area contributed by atoms with Gasteiger partial charge < -0.3 is 14.6 Å². The van der Waals surface area contributed by atoms with Crippen molar-refractivity contribution in [2.24, 2.45) is 45.3 Å². The normalized spacial score (nSPS) is 46.4. The van der Waals surface area contributed by atoms with Crippen LogP contribution in [0.5, 0.6) is 0 Å². The molecule has 0 heterocycles. The average Bonchev–Trinajstić information content (AvgIpc) is 3.12. The second kappa shape index (κ2) is 8.15. The van der Waals surface area contributed by atoms with Gasteiger partial charge in [-0.25, -0.2) is 9.18 Å². The number of aliphatic hydroxyl groups is 1. The van der Waals surface area contributed by atoms with E-state index < -0.39 is 64.0 Å². The molecule has 0 radical (unpaired) electrons. The quantitative estimate of drug-likeness (QED) is 0.377. The number of aliphatic hydroxyl groups excluding tert-OH is 1. The van der Waals surface area contributed by atoms with Crippen molar-refractivity contribution < 1.29 is 33.4 Å². The molecule has 0 unspecified atom stereocenters. The fourth-order valence-electron chi connectivity index (χ4n) is 9.38. The van der Waals surface area contributed by atoms with E-state index in [9.17, 15) is 19.5 Å². The Bertz CT molecular complexity index is 1150. The minimum Gasteiger partial charge on any atom is -0.446 e. The van der Waals surface area contributed by atoms with E-state index in [0.717, 1.165) is 0 Å². The minimum atomic E-state index is -2.05. The molecule has 8 heteroatoms. The van der Waals surface area contributed by atoms with E-state index in [2.05, 4.69) is 0 Å². The van der Waals surface area contributed by atoms with Crippen LogP contribution in [0.15, 0.2) is 23.8 Å². The highest BCUT2D eigenvalue weighted by atomic mass is 35.5. The van der Waals surface area contributed by atoms with Gasteiger partial charge in [-0.2, -0.15) is 0 Å². The summed E-state index contributed by atoms with van der Waals surface area (Å²) in [5.41, 5.74) is -5.92. The summed E-state index contributed by atoms with van der Waals surface area (Å²) in [7, 11) is 0. The summed E-state index contributed by atoms with van der Waals surface area (Å²) in [6.45, 7) is 13.4. The van der Waals surface area contributed by atoms with Crippen molar-refractivity contribution in [2.45, 2.75) is 91.5 Å². The van der Waals surface area contributed by atoms with Gasteiger partial charge in [-0.15, -0.1) is 0 Å². The number of hydrogen-bond donors (Lipinski definition) is 1. The maximum atomic E-state index is 17.5. The molecule has 5 rings (SSSR count). The van der Waals surface area contributed by atoms with Crippen LogP contribution in [0, 0.1) is 45.3 Å². The molecule has 5 aliphatic carbocycles. The second-order valence-electron chi connectivity index (χ2n) is 14.0. The number of carbonyl (C=O) groups excluding carboxylic acids is 3. The van der Waals surface area contributed by atoms with Crippen LogP contribution >= 0.6 is 11.6 Å². The van der Waals surface area contributed by atoms with Crippen molar-refractivity contribution in [1.82, 2.24) is 0 Å². The van der Waals surface area contributed by atoms with Gasteiger partial charge in [-0.1, -0.05) is 64.8 Å². The van der Waals surface area contributed by atoms with Crippen molar-refractivity contribution in [3.63, 3.8) is 0 Å². The molecule has 0 aromatic carbocycles. The van der Waals surface area contributed by atoms with Crippen molar-refractivity contribution >= 4 is 29.3 Å². The molecule has 0 aliphatic heterocycles. The molecule has 0 saturated heterocycles. The highest BCUT2D eigenvalue weighted by Gasteiger charge is 2.79. The largest absolute Gasteiger partial charge is 0.446 e. The predicted molar refractivity (Wildman–Crippen MR) is 140 cm³/mol. The Morgan fingerprint density at radius 1 is 1.13 bits per heavy atom. The van der Waals surface area contributed by atoms with Crippen molar-refractivity contribution in [2.75, 3.05) is 6.07 Å². The standard InChI is InChI=1S/C30H40ClFO6/c1-16-12-20-19-9-8-17-13-18(33)10-11-27(17,6)29(19,32)21(34)14-28(20,7)30(16,24(36)37-15-31)38-23(35)22-25(2,3)26(22,4)5/h10-11,13,16,19-22,34H,8-9,12,14-15H2,1-7H3/t16-,19-,20-,21-,27-,28-,29-,30-/m0/s1. The molecule has 0 amide bonds. The van der Waals surface area contributed by atoms with Gasteiger partial charge in [0, 0.05) is 22.7 Å². The van der Waals surface area contributed by atoms with Crippen molar-refractivity contribution in [1.29, 1.82) is 0 Å². The third-order valence-electron chi connectivity index (χ3n) is 12.2. The zero-order valence-corrected chi connectivity index (χ0v) is 24.2. The Morgan fingerprint density at radius 2 is 1.76 bits per heavy atom. The molecular weight excluding hydrogens is 511 g/mol. The smallest absolute Gasteiger partial charge is 0.352 e. The van der Waals surface area contributed by atoms with Gasteiger partial charge in [0.15, 0.2) is 17.5 Å². The fraction of sp³-hybridized carbons (Fsp3) is 0.767. The van der Waals surface area contributed by atoms with Gasteiger partial charge >= 0.3 is 11.9 Å². The molecule has 1 N–H and O–H groups in total. The summed E-state index contributed by atoms with van der Waals surface area (Å²) in [6.07, 6.45) is 4.29. The summed E-state index contributed by atoms with van der Waals surface area (Å²) in [6, 6.07) is -0.407. The first-order valence-corrected chi connectivity index (χ1v) is 14.3. The lowest BCUT2D eigenvalue weighted by molar-refractivity contribution is -0.236. The number of halogens is 2. The van der Waals surface area contributed by atoms with Crippen LogP contribution in [-0.4, -0.2) is 46.3 Å². The number of rotatable bonds is 4. The van der Waals surface area contributed by atoms with E-state index in [-0.39, 0.29) is 29.0 Å². The van der Waals surface area contributed by atoms with Gasteiger partial charge in [0.05, 0.1) is 12.0 Å². The Kier molecular flexibility index (Phi) is 5.97. The molecule has 4 fully saturated rings. The fourth-order valence-corrected chi connectivity index (χ4v) is 9.48. The molecule has 0 aromatic rings. The maximum absolute atomic E-state index is 17.5. The summed E-state index contributed by atoms with van der Waals surface area (Å²) in [4.78, 5) is 39.6. The summed E-state index contributed by atoms with van der Waals surface area (Å²) in [5, 5.41) is 11.7. The number of esters is 2. The van der Waals surface area contributed by atoms with Crippen LogP contribution in [0.4, 0.5) is 4.39 Å². The Hall–Kier alpha value is -1.73. The third kappa shape index (κ3) is 3.06. The first-order valence-electron chi connectivity index (χ1n) is 13.7. The average molecular weight is 551 g/mol. The summed E-state index contributed by atoms with van der Waals surface area (Å²) < 4.78 is 29.2. The number of ether oxygens (including phenoxy) is 2. The topological polar surface area (TPSA) is 89.9 Å². The van der Waals surface area contributed by atoms with Gasteiger partial charge in [-0.05, 0) is 61.5 Å². The minimum absolute atomic E-state index is 0.0955. The van der Waals surface area contributed by atoms with E-state index in [1.807, 2.05) is 41.5 Å². The third-order valence-corrected chi connectivity index (χ3v) is 12.3. The lowest BCUT2D eigenvalue weighted by atomic mass is 9.44. The zero-order chi connectivity index (χ0) is 28.3. The van der Waals surface area contributed by atoms with Gasteiger partial charge in [0.2, 0.25) is 5.60 Å². The van der Waals surface area contributed by atoms with E-state index in [1.54, 1.807) is 13.0 Å². The van der Waals surface area contributed by atoms with Crippen molar-refractivity contribution in [3.05, 3.63) is 23.8 Å². The van der Waals surface area contributed by atoms with Crippen LogP contribution in [0.1, 0.15) is 74.1 Å². The molecular formula is C30H40ClFO6. The Labute approximate surface area is 229 Å². The summed E-state index contributed by atoms with van der Waals surface area (Å²) >= 11 is 5.84. The van der Waals surface area contributed by atoms with Gasteiger partial charge in [-0.3, -0.25) is 9.59 Å². The molecule has 6 nitrogen and oxygen atoms in total. The number of alkyl halides is 2. The number of hydrogen-bond acceptors (Lipinski definition) is 6. The SMILES string of the molecule is C[C@H]1C[C@H]2[C@@H]3CCC4=CC(=O)C=C[C@]4(C)[C@@]3(F)[C@@H](O)C[C@]2(C)[C@@]1(OC(=O)C1C(C)(C)C1(C)C)C(=O)OCCl. The number of allylic oxidation sites excluding steroid dienone is 4. The number of carbonyl (C=O) groups is 3. The van der Waals surface area contributed by atoms with E-state index in [0.29, 0.717) is 24.8 Å². The second-order valence-corrected chi connectivity index (χ2v) is 14.2. The summed E-state index contributed by atoms with van der Waals surface area (Å²) in [5.74, 6) is -3.26. The molecule has 5 aliphatic rings. The molecule has 0 spiro atoms. The zero-order valence-electron chi connectivity index (χ0n) is 23.4. The lowest BCUT2D eigenvalue weighted by Crippen LogP contribution is -2.70. The molecule has 38 heavy (non-hydrogen) atoms. The van der Waals surface area contributed by atoms with Crippen LogP contribution in [0.25, 0.3) is 0 Å². The number of fused-ring (bicyclic) bond motifs is 5. The van der Waals surface area contributed by atoms with Crippen LogP contribution in [-0.2, 0) is 23.9 Å². The monoisotopic (exact) mass is 550 g/mol. The molecule has 0 bridgehead atoms. The molecule has 8 atom stereocenters. The van der Waals surface area contributed by atoms with E-state index in [4.69, 9.17) is 21.1 Å². The molecule has 210 valence electrons. The van der Waals surface area contributed by atoms with Crippen molar-refractivity contribution in [3.8, 4) is 0 Å². The van der Waals surface area contributed by atoms with E-state index in [1.165, 1.54) is 12.2 Å². The molecule has 0 aromatic heterocycles. The highest BCUT2D eigenvalue weighted by Crippen LogP contribution is 2.73. The maximum Gasteiger partial charge on any atom is 0.352 e. The van der Waals surface area contributed by atoms with Gasteiger partial charge in [0.25, 0.3) is 0 Å². The van der Waals surface area contributed by atoms with Crippen LogP contribution < -0.4 is 0 Å². The predicted octanol–water partition coefficient (Wildman–Crippen LogP) is 5.31.